The molecule has 0 unspecified atom stereocenters. The molecule has 1 amide bonds. The summed E-state index contributed by atoms with van der Waals surface area (Å²) >= 11 is 3.39. The quantitative estimate of drug-likeness (QED) is 0.652. The van der Waals surface area contributed by atoms with Crippen LogP contribution in [-0.2, 0) is 25.5 Å². The zero-order valence-corrected chi connectivity index (χ0v) is 15.9. The molecule has 7 nitrogen and oxygen atoms in total. The van der Waals surface area contributed by atoms with Crippen molar-refractivity contribution < 1.29 is 28.5 Å². The van der Waals surface area contributed by atoms with E-state index < -0.39 is 5.97 Å². The molecule has 1 heterocycles. The summed E-state index contributed by atoms with van der Waals surface area (Å²) in [4.78, 5) is 23.7. The van der Waals surface area contributed by atoms with E-state index >= 15 is 0 Å². The molecule has 0 spiro atoms. The summed E-state index contributed by atoms with van der Waals surface area (Å²) < 4.78 is 21.5. The molecule has 1 aliphatic heterocycles. The fourth-order valence-corrected chi connectivity index (χ4v) is 2.93. The molecule has 8 heteroatoms. The lowest BCUT2D eigenvalue weighted by molar-refractivity contribution is -0.148. The van der Waals surface area contributed by atoms with Crippen LogP contribution in [0.25, 0.3) is 0 Å². The highest BCUT2D eigenvalue weighted by molar-refractivity contribution is 9.10. The number of carbonyl (C=O) groups excluding carboxylic acids is 2. The average molecular weight is 416 g/mol. The molecule has 0 aromatic heterocycles. The van der Waals surface area contributed by atoms with Crippen LogP contribution >= 0.6 is 15.9 Å². The van der Waals surface area contributed by atoms with E-state index in [4.69, 9.17) is 18.9 Å². The molecule has 138 valence electrons. The molecular weight excluding hydrogens is 394 g/mol. The minimum absolute atomic E-state index is 0.0138. The van der Waals surface area contributed by atoms with Gasteiger partial charge in [0, 0.05) is 17.6 Å². The van der Waals surface area contributed by atoms with E-state index in [2.05, 4.69) is 21.2 Å². The number of esters is 1. The summed E-state index contributed by atoms with van der Waals surface area (Å²) in [5, 5.41) is 2.70. The van der Waals surface area contributed by atoms with E-state index in [1.54, 1.807) is 12.1 Å². The highest BCUT2D eigenvalue weighted by Gasteiger charge is 2.17. The van der Waals surface area contributed by atoms with Crippen molar-refractivity contribution >= 4 is 27.8 Å². The Labute approximate surface area is 155 Å². The fourth-order valence-electron chi connectivity index (χ4n) is 2.47. The molecule has 1 atom stereocenters. The number of ether oxygens (including phenoxy) is 4. The molecule has 0 aliphatic carbocycles. The Morgan fingerprint density at radius 2 is 2.00 bits per heavy atom. The summed E-state index contributed by atoms with van der Waals surface area (Å²) in [7, 11) is 3.06. The first-order valence-electron chi connectivity index (χ1n) is 7.97. The topological polar surface area (TPSA) is 83.1 Å². The van der Waals surface area contributed by atoms with E-state index in [-0.39, 0.29) is 25.0 Å². The van der Waals surface area contributed by atoms with E-state index in [1.807, 2.05) is 0 Å². The molecule has 1 fully saturated rings. The van der Waals surface area contributed by atoms with E-state index in [1.165, 1.54) is 14.2 Å². The van der Waals surface area contributed by atoms with E-state index in [0.29, 0.717) is 28.1 Å². The Kier molecular flexibility index (Phi) is 7.52. The highest BCUT2D eigenvalue weighted by atomic mass is 79.9. The third kappa shape index (κ3) is 5.89. The number of methoxy groups -OCH3 is 2. The number of nitrogens with one attached hydrogen (secondary N) is 1. The minimum Gasteiger partial charge on any atom is -0.493 e. The maximum Gasteiger partial charge on any atom is 0.310 e. The smallest absolute Gasteiger partial charge is 0.310 e. The molecule has 25 heavy (non-hydrogen) atoms. The monoisotopic (exact) mass is 415 g/mol. The fraction of sp³-hybridized carbons (Fsp3) is 0.529. The van der Waals surface area contributed by atoms with Gasteiger partial charge in [-0.1, -0.05) is 15.9 Å². The third-order valence-electron chi connectivity index (χ3n) is 3.80. The van der Waals surface area contributed by atoms with E-state index in [0.717, 1.165) is 19.4 Å². The van der Waals surface area contributed by atoms with Crippen LogP contribution in [-0.4, -0.2) is 52.0 Å². The first-order valence-corrected chi connectivity index (χ1v) is 8.77. The number of hydrogen-bond donors (Lipinski definition) is 1. The van der Waals surface area contributed by atoms with Gasteiger partial charge in [0.15, 0.2) is 18.1 Å². The van der Waals surface area contributed by atoms with Gasteiger partial charge in [-0.05, 0) is 30.5 Å². The second-order valence-corrected chi connectivity index (χ2v) is 6.43. The van der Waals surface area contributed by atoms with Gasteiger partial charge in [-0.2, -0.15) is 0 Å². The minimum atomic E-state index is -0.500. The van der Waals surface area contributed by atoms with Gasteiger partial charge in [0.2, 0.25) is 0 Å². The molecule has 0 radical (unpaired) electrons. The molecule has 1 aromatic rings. The number of hydrogen-bond acceptors (Lipinski definition) is 6. The number of rotatable bonds is 8. The Hall–Kier alpha value is -1.80. The van der Waals surface area contributed by atoms with Crippen LogP contribution in [0.5, 0.6) is 11.5 Å². The molecule has 0 bridgehead atoms. The summed E-state index contributed by atoms with van der Waals surface area (Å²) in [5.74, 6) is 0.234. The summed E-state index contributed by atoms with van der Waals surface area (Å²) in [6.45, 7) is 0.865. The lowest BCUT2D eigenvalue weighted by atomic mass is 10.1. The lowest BCUT2D eigenvalue weighted by Crippen LogP contribution is -2.35. The van der Waals surface area contributed by atoms with Gasteiger partial charge in [0.25, 0.3) is 5.91 Å². The van der Waals surface area contributed by atoms with Gasteiger partial charge in [0.1, 0.15) is 0 Å². The van der Waals surface area contributed by atoms with Crippen molar-refractivity contribution in [1.29, 1.82) is 0 Å². The Morgan fingerprint density at radius 1 is 1.28 bits per heavy atom. The van der Waals surface area contributed by atoms with Crippen LogP contribution < -0.4 is 14.8 Å². The Balaban J connectivity index is 1.80. The zero-order valence-electron chi connectivity index (χ0n) is 14.3. The van der Waals surface area contributed by atoms with Gasteiger partial charge in [0.05, 0.1) is 26.7 Å². The van der Waals surface area contributed by atoms with Gasteiger partial charge < -0.3 is 24.3 Å². The molecule has 1 saturated heterocycles. The summed E-state index contributed by atoms with van der Waals surface area (Å²) in [6, 6.07) is 3.41. The first kappa shape index (κ1) is 19.5. The van der Waals surface area contributed by atoms with Crippen molar-refractivity contribution in [1.82, 2.24) is 5.32 Å². The third-order valence-corrected chi connectivity index (χ3v) is 4.54. The number of halogens is 1. The van der Waals surface area contributed by atoms with Crippen LogP contribution in [0.1, 0.15) is 18.4 Å². The SMILES string of the molecule is COc1cc(Br)c(CC(=O)OCC(=O)NC[C@H]2CCCO2)cc1OC. The predicted molar refractivity (Wildman–Crippen MR) is 93.9 cm³/mol. The number of carbonyl (C=O) groups is 2. The number of benzene rings is 1. The Bertz CT molecular complexity index is 615. The molecule has 1 aliphatic rings. The van der Waals surface area contributed by atoms with Gasteiger partial charge >= 0.3 is 5.97 Å². The molecular formula is C17H22BrNO6. The maximum absolute atomic E-state index is 12.0. The molecule has 1 N–H and O–H groups in total. The average Bonchev–Trinajstić information content (AvgIpc) is 3.13. The standard InChI is InChI=1S/C17H22BrNO6/c1-22-14-6-11(13(18)8-15(14)23-2)7-17(21)25-10-16(20)19-9-12-4-3-5-24-12/h6,8,12H,3-5,7,9-10H2,1-2H3,(H,19,20)/t12-/m1/s1. The zero-order chi connectivity index (χ0) is 18.2. The Morgan fingerprint density at radius 3 is 2.64 bits per heavy atom. The van der Waals surface area contributed by atoms with E-state index in [9.17, 15) is 9.59 Å². The first-order chi connectivity index (χ1) is 12.0. The van der Waals surface area contributed by atoms with Crippen LogP contribution in [0, 0.1) is 0 Å². The van der Waals surface area contributed by atoms with Gasteiger partial charge in [-0.25, -0.2) is 0 Å². The van der Waals surface area contributed by atoms with Gasteiger partial charge in [-0.15, -0.1) is 0 Å². The van der Waals surface area contributed by atoms with Crippen molar-refractivity contribution in [2.75, 3.05) is 34.0 Å². The van der Waals surface area contributed by atoms with Crippen LogP contribution in [0.2, 0.25) is 0 Å². The molecule has 0 saturated carbocycles. The largest absolute Gasteiger partial charge is 0.493 e. The highest BCUT2D eigenvalue weighted by Crippen LogP contribution is 2.33. The van der Waals surface area contributed by atoms with Crippen LogP contribution in [0.3, 0.4) is 0 Å². The van der Waals surface area contributed by atoms with Crippen molar-refractivity contribution in [2.45, 2.75) is 25.4 Å². The van der Waals surface area contributed by atoms with Gasteiger partial charge in [-0.3, -0.25) is 9.59 Å². The maximum atomic E-state index is 12.0. The predicted octanol–water partition coefficient (Wildman–Crippen LogP) is 1.85. The second kappa shape index (κ2) is 9.62. The van der Waals surface area contributed by atoms with Crippen molar-refractivity contribution in [3.05, 3.63) is 22.2 Å². The molecule has 2 rings (SSSR count). The number of amides is 1. The summed E-state index contributed by atoms with van der Waals surface area (Å²) in [6.07, 6.45) is 2.02. The van der Waals surface area contributed by atoms with Crippen molar-refractivity contribution in [2.24, 2.45) is 0 Å². The normalized spacial score (nSPS) is 16.4. The van der Waals surface area contributed by atoms with Crippen molar-refractivity contribution in [3.8, 4) is 11.5 Å². The van der Waals surface area contributed by atoms with Crippen LogP contribution in [0.4, 0.5) is 0 Å². The summed E-state index contributed by atoms with van der Waals surface area (Å²) in [5.41, 5.74) is 0.683. The van der Waals surface area contributed by atoms with Crippen molar-refractivity contribution in [3.63, 3.8) is 0 Å². The lowest BCUT2D eigenvalue weighted by Gasteiger charge is -2.12. The van der Waals surface area contributed by atoms with Crippen LogP contribution in [0.15, 0.2) is 16.6 Å². The second-order valence-electron chi connectivity index (χ2n) is 5.58. The molecule has 1 aromatic carbocycles.